The topological polar surface area (TPSA) is 96.5 Å². The van der Waals surface area contributed by atoms with Gasteiger partial charge in [0.1, 0.15) is 0 Å². The molecule has 0 bridgehead atoms. The third-order valence-electron chi connectivity index (χ3n) is 4.75. The van der Waals surface area contributed by atoms with Crippen molar-refractivity contribution in [1.29, 1.82) is 0 Å². The molecule has 26 heavy (non-hydrogen) atoms. The van der Waals surface area contributed by atoms with Gasteiger partial charge in [-0.1, -0.05) is 17.7 Å². The van der Waals surface area contributed by atoms with E-state index >= 15 is 0 Å². The van der Waals surface area contributed by atoms with Crippen molar-refractivity contribution < 1.29 is 17.9 Å². The Labute approximate surface area is 155 Å². The molecule has 0 atom stereocenters. The number of amides is 1. The summed E-state index contributed by atoms with van der Waals surface area (Å²) in [5.74, 6) is -0.161. The van der Waals surface area contributed by atoms with E-state index < -0.39 is 10.0 Å². The first-order valence-electron chi connectivity index (χ1n) is 8.90. The van der Waals surface area contributed by atoms with Crippen LogP contribution < -0.4 is 15.4 Å². The van der Waals surface area contributed by atoms with Crippen LogP contribution >= 0.6 is 0 Å². The molecule has 1 saturated heterocycles. The normalized spacial score (nSPS) is 17.0. The highest BCUT2D eigenvalue weighted by Crippen LogP contribution is 2.28. The Balaban J connectivity index is 1.78. The number of benzene rings is 1. The molecule has 8 heteroatoms. The molecule has 1 aliphatic heterocycles. The first-order valence-corrected chi connectivity index (χ1v) is 10.4. The molecule has 1 aliphatic rings. The fraction of sp³-hybridized carbons (Fsp3) is 0.611. The summed E-state index contributed by atoms with van der Waals surface area (Å²) in [7, 11) is -1.91. The molecule has 0 aromatic heterocycles. The predicted octanol–water partition coefficient (Wildman–Crippen LogP) is 0.796. The molecule has 3 N–H and O–H groups in total. The van der Waals surface area contributed by atoms with Crippen molar-refractivity contribution in [1.82, 2.24) is 15.4 Å². The minimum absolute atomic E-state index is 0.0446. The number of aryl methyl sites for hydroxylation is 1. The van der Waals surface area contributed by atoms with Crippen LogP contribution in [0.1, 0.15) is 24.8 Å². The van der Waals surface area contributed by atoms with Crippen molar-refractivity contribution >= 4 is 15.9 Å². The van der Waals surface area contributed by atoms with Gasteiger partial charge in [-0.25, -0.2) is 13.1 Å². The molecule has 0 saturated carbocycles. The second kappa shape index (κ2) is 9.45. The zero-order chi connectivity index (χ0) is 19.0. The van der Waals surface area contributed by atoms with Gasteiger partial charge in [0.15, 0.2) is 0 Å². The number of hydrogen-bond acceptors (Lipinski definition) is 5. The average molecular weight is 384 g/mol. The number of methoxy groups -OCH3 is 1. The van der Waals surface area contributed by atoms with E-state index in [1.165, 1.54) is 0 Å². The third-order valence-corrected chi connectivity index (χ3v) is 6.23. The summed E-state index contributed by atoms with van der Waals surface area (Å²) < 4.78 is 32.2. The van der Waals surface area contributed by atoms with Crippen LogP contribution in [0.2, 0.25) is 0 Å². The van der Waals surface area contributed by atoms with Crippen LogP contribution in [0.5, 0.6) is 0 Å². The van der Waals surface area contributed by atoms with Gasteiger partial charge >= 0.3 is 0 Å². The average Bonchev–Trinajstić information content (AvgIpc) is 2.61. The van der Waals surface area contributed by atoms with Crippen molar-refractivity contribution in [2.24, 2.45) is 5.41 Å². The fourth-order valence-corrected chi connectivity index (χ4v) is 4.14. The van der Waals surface area contributed by atoms with Crippen LogP contribution in [-0.2, 0) is 19.6 Å². The summed E-state index contributed by atoms with van der Waals surface area (Å²) in [6, 6.07) is 6.61. The van der Waals surface area contributed by atoms with Crippen LogP contribution in [-0.4, -0.2) is 54.2 Å². The molecule has 1 fully saturated rings. The maximum absolute atomic E-state index is 12.2. The Morgan fingerprint density at radius 2 is 1.88 bits per heavy atom. The monoisotopic (exact) mass is 383 g/mol. The van der Waals surface area contributed by atoms with Gasteiger partial charge in [0, 0.05) is 32.0 Å². The van der Waals surface area contributed by atoms with Gasteiger partial charge in [0.2, 0.25) is 15.9 Å². The van der Waals surface area contributed by atoms with Gasteiger partial charge in [-0.05, 0) is 45.0 Å². The van der Waals surface area contributed by atoms with Gasteiger partial charge in [0.25, 0.3) is 0 Å². The second-order valence-electron chi connectivity index (χ2n) is 6.92. The molecule has 0 aliphatic carbocycles. The number of piperidine rings is 1. The molecule has 7 nitrogen and oxygen atoms in total. The minimum Gasteiger partial charge on any atom is -0.384 e. The lowest BCUT2D eigenvalue weighted by Gasteiger charge is -2.37. The van der Waals surface area contributed by atoms with Gasteiger partial charge < -0.3 is 15.4 Å². The number of rotatable bonds is 9. The van der Waals surface area contributed by atoms with Crippen molar-refractivity contribution in [3.05, 3.63) is 29.8 Å². The first kappa shape index (κ1) is 20.8. The van der Waals surface area contributed by atoms with Crippen molar-refractivity contribution in [2.75, 3.05) is 39.9 Å². The van der Waals surface area contributed by atoms with E-state index in [4.69, 9.17) is 4.74 Å². The van der Waals surface area contributed by atoms with Crippen molar-refractivity contribution in [3.63, 3.8) is 0 Å². The van der Waals surface area contributed by atoms with E-state index in [1.807, 2.05) is 6.92 Å². The standard InChI is InChI=1S/C18H29N3O4S/c1-15-3-5-16(6-4-15)26(23,24)21-10-7-17(22)20-13-18(14-25-2)8-11-19-12-9-18/h3-6,19,21H,7-14H2,1-2H3,(H,20,22). The van der Waals surface area contributed by atoms with Crippen molar-refractivity contribution in [2.45, 2.75) is 31.1 Å². The van der Waals surface area contributed by atoms with Crippen LogP contribution in [0, 0.1) is 12.3 Å². The summed E-state index contributed by atoms with van der Waals surface area (Å²) in [5, 5.41) is 6.24. The number of hydrogen-bond donors (Lipinski definition) is 3. The van der Waals surface area contributed by atoms with E-state index in [1.54, 1.807) is 31.4 Å². The molecule has 0 radical (unpaired) electrons. The number of ether oxygens (including phenoxy) is 1. The maximum atomic E-state index is 12.2. The zero-order valence-electron chi connectivity index (χ0n) is 15.5. The summed E-state index contributed by atoms with van der Waals surface area (Å²) in [4.78, 5) is 12.3. The smallest absolute Gasteiger partial charge is 0.240 e. The number of nitrogens with one attached hydrogen (secondary N) is 3. The quantitative estimate of drug-likeness (QED) is 0.586. The van der Waals surface area contributed by atoms with E-state index in [0.29, 0.717) is 13.2 Å². The second-order valence-corrected chi connectivity index (χ2v) is 8.69. The number of carbonyl (C=O) groups excluding carboxylic acids is 1. The highest BCUT2D eigenvalue weighted by Gasteiger charge is 2.32. The maximum Gasteiger partial charge on any atom is 0.240 e. The Kier molecular flexibility index (Phi) is 7.57. The van der Waals surface area contributed by atoms with Gasteiger partial charge in [0.05, 0.1) is 11.5 Å². The molecule has 1 heterocycles. The molecular weight excluding hydrogens is 354 g/mol. The molecular formula is C18H29N3O4S. The third kappa shape index (κ3) is 6.05. The summed E-state index contributed by atoms with van der Waals surface area (Å²) in [6.45, 7) is 4.94. The molecule has 0 unspecified atom stereocenters. The Hall–Kier alpha value is -1.48. The lowest BCUT2D eigenvalue weighted by Crippen LogP contribution is -2.47. The van der Waals surface area contributed by atoms with E-state index in [-0.39, 0.29) is 29.2 Å². The lowest BCUT2D eigenvalue weighted by atomic mass is 9.79. The number of carbonyl (C=O) groups is 1. The molecule has 1 aromatic rings. The Morgan fingerprint density at radius 1 is 1.23 bits per heavy atom. The summed E-state index contributed by atoms with van der Waals surface area (Å²) >= 11 is 0. The molecule has 146 valence electrons. The van der Waals surface area contributed by atoms with E-state index in [2.05, 4.69) is 15.4 Å². The Morgan fingerprint density at radius 3 is 2.50 bits per heavy atom. The van der Waals surface area contributed by atoms with Crippen LogP contribution in [0.25, 0.3) is 0 Å². The Bertz CT molecular complexity index is 677. The van der Waals surface area contributed by atoms with E-state index in [9.17, 15) is 13.2 Å². The summed E-state index contributed by atoms with van der Waals surface area (Å²) in [5.41, 5.74) is 0.947. The molecule has 0 spiro atoms. The van der Waals surface area contributed by atoms with Crippen LogP contribution in [0.15, 0.2) is 29.2 Å². The SMILES string of the molecule is COCC1(CNC(=O)CCNS(=O)(=O)c2ccc(C)cc2)CCNCC1. The molecule has 1 amide bonds. The zero-order valence-corrected chi connectivity index (χ0v) is 16.3. The first-order chi connectivity index (χ1) is 12.4. The predicted molar refractivity (Wildman–Crippen MR) is 100 cm³/mol. The van der Waals surface area contributed by atoms with Crippen molar-refractivity contribution in [3.8, 4) is 0 Å². The van der Waals surface area contributed by atoms with Crippen LogP contribution in [0.3, 0.4) is 0 Å². The van der Waals surface area contributed by atoms with Gasteiger partial charge in [-0.15, -0.1) is 0 Å². The van der Waals surface area contributed by atoms with Gasteiger partial charge in [-0.2, -0.15) is 0 Å². The van der Waals surface area contributed by atoms with E-state index in [0.717, 1.165) is 31.5 Å². The fourth-order valence-electron chi connectivity index (χ4n) is 3.11. The lowest BCUT2D eigenvalue weighted by molar-refractivity contribution is -0.121. The number of sulfonamides is 1. The molecule has 1 aromatic carbocycles. The highest BCUT2D eigenvalue weighted by atomic mass is 32.2. The summed E-state index contributed by atoms with van der Waals surface area (Å²) in [6.07, 6.45) is 1.99. The van der Waals surface area contributed by atoms with Gasteiger partial charge in [-0.3, -0.25) is 4.79 Å². The van der Waals surface area contributed by atoms with Crippen LogP contribution in [0.4, 0.5) is 0 Å². The molecule has 2 rings (SSSR count). The largest absolute Gasteiger partial charge is 0.384 e. The highest BCUT2D eigenvalue weighted by molar-refractivity contribution is 7.89. The minimum atomic E-state index is -3.59.